The summed E-state index contributed by atoms with van der Waals surface area (Å²) in [4.78, 5) is 12.2. The molecule has 0 saturated heterocycles. The van der Waals surface area contributed by atoms with E-state index in [0.717, 1.165) is 22.5 Å². The molecule has 4 nitrogen and oxygen atoms in total. The van der Waals surface area contributed by atoms with Gasteiger partial charge in [0.05, 0.1) is 11.4 Å². The zero-order chi connectivity index (χ0) is 15.8. The lowest BCUT2D eigenvalue weighted by Gasteiger charge is -2.03. The van der Waals surface area contributed by atoms with E-state index in [9.17, 15) is 4.79 Å². The van der Waals surface area contributed by atoms with Crippen molar-refractivity contribution in [3.05, 3.63) is 77.1 Å². The summed E-state index contributed by atoms with van der Waals surface area (Å²) in [5, 5.41) is 7.67. The lowest BCUT2D eigenvalue weighted by atomic mass is 10.0. The lowest BCUT2D eigenvalue weighted by molar-refractivity contribution is -0.110. The van der Waals surface area contributed by atoms with Gasteiger partial charge >= 0.3 is 0 Å². The van der Waals surface area contributed by atoms with Gasteiger partial charge in [-0.15, -0.1) is 0 Å². The van der Waals surface area contributed by atoms with Crippen LogP contribution in [0.2, 0.25) is 5.02 Å². The van der Waals surface area contributed by atoms with E-state index in [4.69, 9.17) is 11.6 Å². The summed E-state index contributed by atoms with van der Waals surface area (Å²) in [6.07, 6.45) is 5.49. The van der Waals surface area contributed by atoms with E-state index in [-0.39, 0.29) is 5.91 Å². The molecule has 3 aromatic rings. The van der Waals surface area contributed by atoms with Crippen LogP contribution in [0.3, 0.4) is 0 Å². The fourth-order valence-corrected chi connectivity index (χ4v) is 2.83. The maximum Gasteiger partial charge on any atom is 0.256 e. The minimum absolute atomic E-state index is 0.119. The molecule has 1 N–H and O–H groups in total. The van der Waals surface area contributed by atoms with Gasteiger partial charge in [-0.3, -0.25) is 4.79 Å². The molecule has 0 bridgehead atoms. The highest BCUT2D eigenvalue weighted by molar-refractivity contribution is 6.36. The fraction of sp³-hybridized carbons (Fsp3) is 0. The SMILES string of the molecule is O=C1Nc2cc(Cl)ccc2/C1=C\c1cccc(-n2cccn2)c1. The number of rotatable bonds is 2. The van der Waals surface area contributed by atoms with Crippen molar-refractivity contribution in [3.8, 4) is 5.69 Å². The summed E-state index contributed by atoms with van der Waals surface area (Å²) in [5.41, 5.74) is 4.13. The summed E-state index contributed by atoms with van der Waals surface area (Å²) < 4.78 is 1.78. The van der Waals surface area contributed by atoms with Crippen molar-refractivity contribution in [2.45, 2.75) is 0 Å². The third-order valence-electron chi connectivity index (χ3n) is 3.71. The van der Waals surface area contributed by atoms with Crippen molar-refractivity contribution in [1.29, 1.82) is 0 Å². The highest BCUT2D eigenvalue weighted by atomic mass is 35.5. The third kappa shape index (κ3) is 2.53. The number of nitrogens with zero attached hydrogens (tertiary/aromatic N) is 2. The van der Waals surface area contributed by atoms with Gasteiger partial charge in [-0.25, -0.2) is 4.68 Å². The molecule has 0 saturated carbocycles. The van der Waals surface area contributed by atoms with E-state index in [1.807, 2.05) is 48.7 Å². The van der Waals surface area contributed by atoms with E-state index in [2.05, 4.69) is 10.4 Å². The molecule has 0 aliphatic carbocycles. The van der Waals surface area contributed by atoms with Crippen LogP contribution in [0.4, 0.5) is 5.69 Å². The Bertz CT molecular complexity index is 929. The zero-order valence-electron chi connectivity index (χ0n) is 12.0. The number of hydrogen-bond acceptors (Lipinski definition) is 2. The second-order valence-electron chi connectivity index (χ2n) is 5.25. The quantitative estimate of drug-likeness (QED) is 0.725. The van der Waals surface area contributed by atoms with Gasteiger partial charge in [0.2, 0.25) is 0 Å². The van der Waals surface area contributed by atoms with Crippen molar-refractivity contribution >= 4 is 34.8 Å². The predicted molar refractivity (Wildman–Crippen MR) is 91.5 cm³/mol. The number of aromatic nitrogens is 2. The van der Waals surface area contributed by atoms with Gasteiger partial charge in [0.1, 0.15) is 0 Å². The number of carbonyl (C=O) groups excluding carboxylic acids is 1. The van der Waals surface area contributed by atoms with Crippen LogP contribution in [0.15, 0.2) is 60.9 Å². The monoisotopic (exact) mass is 321 g/mol. The van der Waals surface area contributed by atoms with Gasteiger partial charge in [0.15, 0.2) is 0 Å². The molecule has 4 rings (SSSR count). The predicted octanol–water partition coefficient (Wildman–Crippen LogP) is 4.02. The fourth-order valence-electron chi connectivity index (χ4n) is 2.66. The summed E-state index contributed by atoms with van der Waals surface area (Å²) in [7, 11) is 0. The molecule has 1 aromatic heterocycles. The summed E-state index contributed by atoms with van der Waals surface area (Å²) in [6, 6.07) is 15.1. The minimum atomic E-state index is -0.119. The Morgan fingerprint density at radius 2 is 2.04 bits per heavy atom. The first kappa shape index (κ1) is 13.8. The second-order valence-corrected chi connectivity index (χ2v) is 5.68. The molecule has 23 heavy (non-hydrogen) atoms. The Morgan fingerprint density at radius 1 is 1.13 bits per heavy atom. The van der Waals surface area contributed by atoms with Crippen LogP contribution in [0.1, 0.15) is 11.1 Å². The van der Waals surface area contributed by atoms with Gasteiger partial charge in [0, 0.05) is 28.6 Å². The van der Waals surface area contributed by atoms with E-state index in [0.29, 0.717) is 10.6 Å². The molecule has 1 amide bonds. The van der Waals surface area contributed by atoms with Crippen molar-refractivity contribution < 1.29 is 4.79 Å². The zero-order valence-corrected chi connectivity index (χ0v) is 12.8. The van der Waals surface area contributed by atoms with Crippen molar-refractivity contribution in [3.63, 3.8) is 0 Å². The highest BCUT2D eigenvalue weighted by Crippen LogP contribution is 2.34. The molecular weight excluding hydrogens is 310 g/mol. The molecule has 0 unspecified atom stereocenters. The van der Waals surface area contributed by atoms with Crippen LogP contribution >= 0.6 is 11.6 Å². The maximum atomic E-state index is 12.2. The molecule has 0 atom stereocenters. The Labute approximate surface area is 138 Å². The molecule has 0 fully saturated rings. The number of hydrogen-bond donors (Lipinski definition) is 1. The van der Waals surface area contributed by atoms with Gasteiger partial charge in [0.25, 0.3) is 5.91 Å². The third-order valence-corrected chi connectivity index (χ3v) is 3.95. The first-order valence-electron chi connectivity index (χ1n) is 7.14. The Morgan fingerprint density at radius 3 is 2.87 bits per heavy atom. The Balaban J connectivity index is 1.77. The molecule has 0 spiro atoms. The number of fused-ring (bicyclic) bond motifs is 1. The average molecular weight is 322 g/mol. The van der Waals surface area contributed by atoms with Crippen LogP contribution in [0.5, 0.6) is 0 Å². The van der Waals surface area contributed by atoms with E-state index < -0.39 is 0 Å². The number of benzene rings is 2. The van der Waals surface area contributed by atoms with Crippen LogP contribution < -0.4 is 5.32 Å². The topological polar surface area (TPSA) is 46.9 Å². The second kappa shape index (κ2) is 5.41. The van der Waals surface area contributed by atoms with Crippen LogP contribution in [0, 0.1) is 0 Å². The highest BCUT2D eigenvalue weighted by Gasteiger charge is 2.24. The molecule has 0 radical (unpaired) electrons. The first-order valence-corrected chi connectivity index (χ1v) is 7.51. The first-order chi connectivity index (χ1) is 11.2. The lowest BCUT2D eigenvalue weighted by Crippen LogP contribution is -2.03. The Kier molecular flexibility index (Phi) is 3.24. The molecule has 2 aromatic carbocycles. The van der Waals surface area contributed by atoms with Crippen LogP contribution in [0.25, 0.3) is 17.3 Å². The molecule has 5 heteroatoms. The summed E-state index contributed by atoms with van der Waals surface area (Å²) in [5.74, 6) is -0.119. The van der Waals surface area contributed by atoms with E-state index >= 15 is 0 Å². The van der Waals surface area contributed by atoms with Gasteiger partial charge in [-0.2, -0.15) is 5.10 Å². The van der Waals surface area contributed by atoms with E-state index in [1.54, 1.807) is 23.0 Å². The average Bonchev–Trinajstić information content (AvgIpc) is 3.17. The van der Waals surface area contributed by atoms with Gasteiger partial charge in [-0.05, 0) is 42.0 Å². The normalized spacial score (nSPS) is 14.8. The Hall–Kier alpha value is -2.85. The smallest absolute Gasteiger partial charge is 0.256 e. The number of carbonyl (C=O) groups is 1. The molecule has 2 heterocycles. The number of anilines is 1. The van der Waals surface area contributed by atoms with Crippen LogP contribution in [-0.4, -0.2) is 15.7 Å². The van der Waals surface area contributed by atoms with Crippen molar-refractivity contribution in [2.24, 2.45) is 0 Å². The summed E-state index contributed by atoms with van der Waals surface area (Å²) >= 11 is 5.98. The number of amides is 1. The molecule has 112 valence electrons. The molecular formula is C18H12ClN3O. The van der Waals surface area contributed by atoms with Crippen molar-refractivity contribution in [1.82, 2.24) is 9.78 Å². The van der Waals surface area contributed by atoms with Gasteiger partial charge in [-0.1, -0.05) is 29.8 Å². The van der Waals surface area contributed by atoms with Gasteiger partial charge < -0.3 is 5.32 Å². The summed E-state index contributed by atoms with van der Waals surface area (Å²) in [6.45, 7) is 0. The molecule has 1 aliphatic rings. The van der Waals surface area contributed by atoms with Crippen LogP contribution in [-0.2, 0) is 4.79 Å². The van der Waals surface area contributed by atoms with Crippen molar-refractivity contribution in [2.75, 3.05) is 5.32 Å². The standard InChI is InChI=1S/C18H12ClN3O/c19-13-5-6-15-16(18(23)21-17(15)11-13)10-12-3-1-4-14(9-12)22-8-2-7-20-22/h1-11H,(H,21,23)/b16-10+. The number of nitrogens with one attached hydrogen (secondary N) is 1. The number of halogens is 1. The minimum Gasteiger partial charge on any atom is -0.321 e. The molecule has 1 aliphatic heterocycles. The largest absolute Gasteiger partial charge is 0.321 e. The van der Waals surface area contributed by atoms with E-state index in [1.165, 1.54) is 0 Å². The maximum absolute atomic E-state index is 12.2.